The van der Waals surface area contributed by atoms with Crippen LogP contribution in [0, 0.1) is 0 Å². The van der Waals surface area contributed by atoms with Crippen LogP contribution in [0.25, 0.3) is 11.6 Å². The molecular weight excluding hydrogens is 412 g/mol. The molecule has 0 aliphatic carbocycles. The number of aromatic carboxylic acids is 1. The lowest BCUT2D eigenvalue weighted by molar-refractivity contribution is -0.133. The van der Waals surface area contributed by atoms with Crippen molar-refractivity contribution < 1.29 is 34.0 Å². The number of aromatic hydroxyl groups is 1. The fraction of sp³-hybridized carbons (Fsp3) is 0.120. The molecule has 0 atom stereocenters. The normalized spacial score (nSPS) is 11.0. The van der Waals surface area contributed by atoms with E-state index in [2.05, 4.69) is 0 Å². The first-order chi connectivity index (χ1) is 15.4. The number of carboxylic acid groups (broad SMARTS) is 1. The van der Waals surface area contributed by atoms with Crippen LogP contribution in [0.4, 0.5) is 0 Å². The van der Waals surface area contributed by atoms with E-state index in [4.69, 9.17) is 14.2 Å². The Morgan fingerprint density at radius 2 is 1.69 bits per heavy atom. The van der Waals surface area contributed by atoms with Crippen molar-refractivity contribution in [3.05, 3.63) is 89.0 Å². The molecule has 2 N–H and O–H groups in total. The maximum atomic E-state index is 12.5. The Morgan fingerprint density at radius 3 is 2.34 bits per heavy atom. The average Bonchev–Trinajstić information content (AvgIpc) is 2.81. The highest BCUT2D eigenvalue weighted by atomic mass is 16.5. The van der Waals surface area contributed by atoms with E-state index in [1.807, 2.05) is 30.3 Å². The van der Waals surface area contributed by atoms with Gasteiger partial charge in [-0.05, 0) is 35.4 Å². The Balaban J connectivity index is 2.04. The minimum atomic E-state index is -1.37. The second kappa shape index (κ2) is 10.2. The van der Waals surface area contributed by atoms with Gasteiger partial charge in [0.05, 0.1) is 19.8 Å². The summed E-state index contributed by atoms with van der Waals surface area (Å²) in [5, 5.41) is 19.6. The van der Waals surface area contributed by atoms with Crippen LogP contribution in [0.5, 0.6) is 17.2 Å². The number of benzene rings is 3. The number of carboxylic acids is 1. The van der Waals surface area contributed by atoms with E-state index in [-0.39, 0.29) is 11.1 Å². The number of carbonyl (C=O) groups excluding carboxylic acids is 1. The van der Waals surface area contributed by atoms with Gasteiger partial charge in [0.25, 0.3) is 0 Å². The molecule has 0 amide bonds. The molecule has 3 aromatic carbocycles. The van der Waals surface area contributed by atoms with Crippen molar-refractivity contribution in [2.45, 2.75) is 6.61 Å². The lowest BCUT2D eigenvalue weighted by Crippen LogP contribution is -2.09. The monoisotopic (exact) mass is 434 g/mol. The second-order valence-electron chi connectivity index (χ2n) is 6.74. The third-order valence-electron chi connectivity index (χ3n) is 4.69. The largest absolute Gasteiger partial charge is 0.507 e. The van der Waals surface area contributed by atoms with Gasteiger partial charge in [0.15, 0.2) is 11.5 Å². The molecule has 0 radical (unpaired) electrons. The first kappa shape index (κ1) is 22.4. The molecule has 0 unspecified atom stereocenters. The van der Waals surface area contributed by atoms with Gasteiger partial charge in [-0.25, -0.2) is 9.59 Å². The minimum absolute atomic E-state index is 0.0278. The summed E-state index contributed by atoms with van der Waals surface area (Å²) in [4.78, 5) is 24.2. The van der Waals surface area contributed by atoms with Crippen LogP contribution in [0.2, 0.25) is 0 Å². The molecule has 3 aromatic rings. The number of methoxy groups -OCH3 is 2. The first-order valence-corrected chi connectivity index (χ1v) is 9.65. The van der Waals surface area contributed by atoms with E-state index in [9.17, 15) is 19.8 Å². The van der Waals surface area contributed by atoms with Crippen LogP contribution in [0.15, 0.2) is 66.7 Å². The van der Waals surface area contributed by atoms with Gasteiger partial charge in [-0.3, -0.25) is 0 Å². The zero-order valence-electron chi connectivity index (χ0n) is 17.6. The number of rotatable bonds is 8. The molecule has 3 rings (SSSR count). The highest BCUT2D eigenvalue weighted by Crippen LogP contribution is 2.33. The van der Waals surface area contributed by atoms with Gasteiger partial charge in [0.2, 0.25) is 0 Å². The van der Waals surface area contributed by atoms with Crippen LogP contribution >= 0.6 is 0 Å². The molecule has 0 fully saturated rings. The smallest absolute Gasteiger partial charge is 0.340 e. The predicted molar refractivity (Wildman–Crippen MR) is 119 cm³/mol. The van der Waals surface area contributed by atoms with Crippen molar-refractivity contribution in [1.29, 1.82) is 0 Å². The van der Waals surface area contributed by atoms with Crippen molar-refractivity contribution in [1.82, 2.24) is 0 Å². The van der Waals surface area contributed by atoms with Crippen molar-refractivity contribution in [2.24, 2.45) is 0 Å². The van der Waals surface area contributed by atoms with Crippen LogP contribution in [-0.4, -0.2) is 36.4 Å². The number of esters is 1. The van der Waals surface area contributed by atoms with Crippen molar-refractivity contribution >= 4 is 23.6 Å². The fourth-order valence-corrected chi connectivity index (χ4v) is 3.14. The molecule has 0 aromatic heterocycles. The average molecular weight is 434 g/mol. The van der Waals surface area contributed by atoms with E-state index >= 15 is 0 Å². The Bertz CT molecular complexity index is 1150. The molecule has 7 heteroatoms. The summed E-state index contributed by atoms with van der Waals surface area (Å²) < 4.78 is 16.1. The highest BCUT2D eigenvalue weighted by Gasteiger charge is 2.23. The van der Waals surface area contributed by atoms with Crippen molar-refractivity contribution in [3.8, 4) is 17.2 Å². The molecule has 0 bridgehead atoms. The topological polar surface area (TPSA) is 102 Å². The van der Waals surface area contributed by atoms with Gasteiger partial charge in [0.1, 0.15) is 17.9 Å². The summed E-state index contributed by atoms with van der Waals surface area (Å²) in [6.45, 7) is 0.309. The molecule has 0 aliphatic rings. The maximum absolute atomic E-state index is 12.5. The number of ether oxygens (including phenoxy) is 3. The standard InChI is InChI=1S/C25H22O7/c1-30-21-12-11-17(14-22(21)32-15-16-7-4-3-5-8-16)13-19(25(29)31-2)18-9-6-10-20(26)23(18)24(27)28/h3-14,26H,15H2,1-2H3,(H,27,28)/b19-13-. The second-order valence-corrected chi connectivity index (χ2v) is 6.74. The van der Waals surface area contributed by atoms with Gasteiger partial charge in [-0.1, -0.05) is 48.5 Å². The van der Waals surface area contributed by atoms with E-state index in [1.54, 1.807) is 18.2 Å². The number of carbonyl (C=O) groups is 2. The summed E-state index contributed by atoms with van der Waals surface area (Å²) in [6.07, 6.45) is 1.47. The van der Waals surface area contributed by atoms with Crippen molar-refractivity contribution in [2.75, 3.05) is 14.2 Å². The van der Waals surface area contributed by atoms with E-state index in [1.165, 1.54) is 38.5 Å². The van der Waals surface area contributed by atoms with Crippen LogP contribution in [0.3, 0.4) is 0 Å². The lowest BCUT2D eigenvalue weighted by Gasteiger charge is -2.13. The Hall–Kier alpha value is -4.26. The van der Waals surface area contributed by atoms with E-state index in [0.717, 1.165) is 5.56 Å². The number of phenols is 1. The zero-order valence-corrected chi connectivity index (χ0v) is 17.6. The van der Waals surface area contributed by atoms with E-state index < -0.39 is 23.3 Å². The zero-order chi connectivity index (χ0) is 23.1. The van der Waals surface area contributed by atoms with Crippen LogP contribution < -0.4 is 9.47 Å². The van der Waals surface area contributed by atoms with Gasteiger partial charge in [-0.2, -0.15) is 0 Å². The Kier molecular flexibility index (Phi) is 7.13. The van der Waals surface area contributed by atoms with E-state index in [0.29, 0.717) is 23.7 Å². The van der Waals surface area contributed by atoms with Crippen molar-refractivity contribution in [3.63, 3.8) is 0 Å². The molecule has 32 heavy (non-hydrogen) atoms. The van der Waals surface area contributed by atoms with Gasteiger partial charge >= 0.3 is 11.9 Å². The summed E-state index contributed by atoms with van der Waals surface area (Å²) in [6, 6.07) is 18.8. The first-order valence-electron chi connectivity index (χ1n) is 9.65. The van der Waals surface area contributed by atoms with Gasteiger partial charge < -0.3 is 24.4 Å². The predicted octanol–water partition coefficient (Wildman–Crippen LogP) is 4.39. The summed E-state index contributed by atoms with van der Waals surface area (Å²) in [5.41, 5.74) is 1.13. The molecule has 0 saturated heterocycles. The van der Waals surface area contributed by atoms with Gasteiger partial charge in [0, 0.05) is 5.56 Å². The molecule has 0 saturated carbocycles. The highest BCUT2D eigenvalue weighted by molar-refractivity contribution is 6.23. The summed E-state index contributed by atoms with van der Waals surface area (Å²) in [5.74, 6) is -1.62. The third-order valence-corrected chi connectivity index (χ3v) is 4.69. The maximum Gasteiger partial charge on any atom is 0.340 e. The lowest BCUT2D eigenvalue weighted by atomic mass is 9.96. The fourth-order valence-electron chi connectivity index (χ4n) is 3.14. The quantitative estimate of drug-likeness (QED) is 0.308. The third kappa shape index (κ3) is 5.07. The Morgan fingerprint density at radius 1 is 0.938 bits per heavy atom. The molecule has 164 valence electrons. The summed E-state index contributed by atoms with van der Waals surface area (Å²) in [7, 11) is 2.72. The Labute approximate surface area is 185 Å². The molecule has 0 aliphatic heterocycles. The molecule has 0 heterocycles. The minimum Gasteiger partial charge on any atom is -0.507 e. The van der Waals surface area contributed by atoms with Gasteiger partial charge in [-0.15, -0.1) is 0 Å². The molecule has 0 spiro atoms. The van der Waals surface area contributed by atoms with Crippen LogP contribution in [-0.2, 0) is 16.1 Å². The molecule has 7 nitrogen and oxygen atoms in total. The molecular formula is C25H22O7. The number of hydrogen-bond donors (Lipinski definition) is 2. The van der Waals surface area contributed by atoms with Crippen LogP contribution in [0.1, 0.15) is 27.0 Å². The SMILES string of the molecule is COC(=O)/C(=C\c1ccc(OC)c(OCc2ccccc2)c1)c1cccc(O)c1C(=O)O. The summed E-state index contributed by atoms with van der Waals surface area (Å²) >= 11 is 0. The number of hydrogen-bond acceptors (Lipinski definition) is 6.